The number of aromatic nitrogens is 2. The van der Waals surface area contributed by atoms with Crippen LogP contribution in [0.15, 0.2) is 58.2 Å². The van der Waals surface area contributed by atoms with Gasteiger partial charge in [0.2, 0.25) is 11.8 Å². The lowest BCUT2D eigenvalue weighted by Crippen LogP contribution is -2.10. The van der Waals surface area contributed by atoms with E-state index in [0.29, 0.717) is 28.9 Å². The van der Waals surface area contributed by atoms with Gasteiger partial charge in [0.1, 0.15) is 5.75 Å². The van der Waals surface area contributed by atoms with E-state index in [9.17, 15) is 4.79 Å². The Morgan fingerprint density at radius 1 is 1.08 bits per heavy atom. The summed E-state index contributed by atoms with van der Waals surface area (Å²) in [6.45, 7) is 0. The third-order valence-electron chi connectivity index (χ3n) is 3.56. The Morgan fingerprint density at radius 3 is 2.40 bits per heavy atom. The van der Waals surface area contributed by atoms with Gasteiger partial charge in [-0.05, 0) is 35.4 Å². The van der Waals surface area contributed by atoms with Gasteiger partial charge in [-0.15, -0.1) is 10.2 Å². The first kappa shape index (κ1) is 17.0. The van der Waals surface area contributed by atoms with Gasteiger partial charge in [0.15, 0.2) is 0 Å². The minimum atomic E-state index is -0.431. The first-order valence-corrected chi connectivity index (χ1v) is 8.59. The van der Waals surface area contributed by atoms with Crippen LogP contribution in [0.25, 0.3) is 0 Å². The largest absolute Gasteiger partial charge is 0.497 e. The first-order chi connectivity index (χ1) is 12.1. The molecule has 0 aliphatic carbocycles. The molecule has 0 fully saturated rings. The third-order valence-corrected chi connectivity index (χ3v) is 4.45. The molecular formula is C18H17N3O3S. The van der Waals surface area contributed by atoms with E-state index in [0.717, 1.165) is 16.9 Å². The number of ether oxygens (including phenoxy) is 1. The highest BCUT2D eigenvalue weighted by Gasteiger charge is 2.08. The normalized spacial score (nSPS) is 10.6. The van der Waals surface area contributed by atoms with Crippen LogP contribution < -0.4 is 10.5 Å². The maximum absolute atomic E-state index is 11.1. The van der Waals surface area contributed by atoms with Gasteiger partial charge < -0.3 is 14.9 Å². The predicted molar refractivity (Wildman–Crippen MR) is 94.6 cm³/mol. The van der Waals surface area contributed by atoms with Crippen LogP contribution in [0.5, 0.6) is 5.75 Å². The number of amides is 1. The summed E-state index contributed by atoms with van der Waals surface area (Å²) in [6, 6.07) is 14.9. The molecule has 7 heteroatoms. The van der Waals surface area contributed by atoms with Crippen molar-refractivity contribution in [1.82, 2.24) is 10.2 Å². The minimum Gasteiger partial charge on any atom is -0.497 e. The smallest absolute Gasteiger partial charge is 0.276 e. The Hall–Kier alpha value is -2.80. The van der Waals surface area contributed by atoms with E-state index in [1.54, 1.807) is 19.2 Å². The van der Waals surface area contributed by atoms with Crippen LogP contribution in [0.2, 0.25) is 0 Å². The molecule has 2 N–H and O–H groups in total. The number of nitrogens with two attached hydrogens (primary N) is 1. The first-order valence-electron chi connectivity index (χ1n) is 7.61. The lowest BCUT2D eigenvalue weighted by Gasteiger charge is -2.01. The predicted octanol–water partition coefficient (Wildman–Crippen LogP) is 3.06. The zero-order chi connectivity index (χ0) is 17.6. The molecular weight excluding hydrogens is 338 g/mol. The van der Waals surface area contributed by atoms with Gasteiger partial charge in [0.25, 0.3) is 5.22 Å². The Bertz CT molecular complexity index is 845. The van der Waals surface area contributed by atoms with Crippen molar-refractivity contribution in [3.8, 4) is 5.75 Å². The zero-order valence-corrected chi connectivity index (χ0v) is 14.5. The van der Waals surface area contributed by atoms with Crippen molar-refractivity contribution in [3.05, 3.63) is 71.1 Å². The van der Waals surface area contributed by atoms with Crippen molar-refractivity contribution >= 4 is 17.7 Å². The van der Waals surface area contributed by atoms with E-state index < -0.39 is 5.91 Å². The molecule has 1 heterocycles. The number of hydrogen-bond acceptors (Lipinski definition) is 6. The van der Waals surface area contributed by atoms with Crippen molar-refractivity contribution < 1.29 is 13.9 Å². The minimum absolute atomic E-state index is 0.431. The van der Waals surface area contributed by atoms with E-state index in [2.05, 4.69) is 10.2 Å². The van der Waals surface area contributed by atoms with Gasteiger partial charge in [0.05, 0.1) is 13.5 Å². The summed E-state index contributed by atoms with van der Waals surface area (Å²) in [5.41, 5.74) is 7.84. The molecule has 0 saturated carbocycles. The van der Waals surface area contributed by atoms with Gasteiger partial charge in [-0.2, -0.15) is 0 Å². The fourth-order valence-electron chi connectivity index (χ4n) is 2.20. The molecule has 2 aromatic carbocycles. The molecule has 0 saturated heterocycles. The zero-order valence-electron chi connectivity index (χ0n) is 13.6. The summed E-state index contributed by atoms with van der Waals surface area (Å²) < 4.78 is 10.8. The van der Waals surface area contributed by atoms with E-state index in [4.69, 9.17) is 14.9 Å². The average Bonchev–Trinajstić information content (AvgIpc) is 3.08. The monoisotopic (exact) mass is 355 g/mol. The van der Waals surface area contributed by atoms with Crippen molar-refractivity contribution in [2.24, 2.45) is 5.73 Å². The van der Waals surface area contributed by atoms with Crippen LogP contribution in [0.1, 0.15) is 27.4 Å². The van der Waals surface area contributed by atoms with Crippen LogP contribution in [0.4, 0.5) is 0 Å². The summed E-state index contributed by atoms with van der Waals surface area (Å²) >= 11 is 1.45. The number of carbonyl (C=O) groups excluding carboxylic acids is 1. The number of hydrogen-bond donors (Lipinski definition) is 1. The van der Waals surface area contributed by atoms with Gasteiger partial charge in [-0.1, -0.05) is 36.0 Å². The third kappa shape index (κ3) is 4.60. The van der Waals surface area contributed by atoms with Gasteiger partial charge in [0, 0.05) is 11.3 Å². The molecule has 3 rings (SSSR count). The summed E-state index contributed by atoms with van der Waals surface area (Å²) in [4.78, 5) is 11.1. The lowest BCUT2D eigenvalue weighted by atomic mass is 10.1. The molecule has 0 aliphatic heterocycles. The maximum atomic E-state index is 11.1. The second-order valence-electron chi connectivity index (χ2n) is 5.34. The number of rotatable bonds is 7. The second-order valence-corrected chi connectivity index (χ2v) is 6.26. The summed E-state index contributed by atoms with van der Waals surface area (Å²) in [7, 11) is 1.64. The highest BCUT2D eigenvalue weighted by atomic mass is 32.2. The molecule has 0 atom stereocenters. The molecule has 6 nitrogen and oxygen atoms in total. The van der Waals surface area contributed by atoms with Crippen molar-refractivity contribution in [2.45, 2.75) is 17.4 Å². The van der Waals surface area contributed by atoms with Crippen molar-refractivity contribution in [2.75, 3.05) is 7.11 Å². The lowest BCUT2D eigenvalue weighted by molar-refractivity contribution is 0.100. The van der Waals surface area contributed by atoms with Crippen LogP contribution in [0, 0.1) is 0 Å². The number of thioether (sulfide) groups is 1. The fraction of sp³-hybridized carbons (Fsp3) is 0.167. The molecule has 25 heavy (non-hydrogen) atoms. The molecule has 0 spiro atoms. The molecule has 3 aromatic rings. The number of methoxy groups -OCH3 is 1. The fourth-order valence-corrected chi connectivity index (χ4v) is 2.93. The van der Waals surface area contributed by atoms with E-state index >= 15 is 0 Å². The SMILES string of the molecule is COc1ccc(Cc2nnc(SCc3ccc(C(N)=O)cc3)o2)cc1. The average molecular weight is 355 g/mol. The number of primary amides is 1. The molecule has 1 amide bonds. The van der Waals surface area contributed by atoms with Gasteiger partial charge in [-0.25, -0.2) is 0 Å². The van der Waals surface area contributed by atoms with Crippen LogP contribution in [-0.2, 0) is 12.2 Å². The summed E-state index contributed by atoms with van der Waals surface area (Å²) in [6.07, 6.45) is 0.574. The van der Waals surface area contributed by atoms with Gasteiger partial charge >= 0.3 is 0 Å². The Labute approximate surface area is 149 Å². The standard InChI is InChI=1S/C18H17N3O3S/c1-23-15-8-4-12(5-9-15)10-16-20-21-18(24-16)25-11-13-2-6-14(7-3-13)17(19)22/h2-9H,10-11H2,1H3,(H2,19,22). The van der Waals surface area contributed by atoms with Gasteiger partial charge in [-0.3, -0.25) is 4.79 Å². The number of nitrogens with zero attached hydrogens (tertiary/aromatic N) is 2. The van der Waals surface area contributed by atoms with Crippen LogP contribution in [-0.4, -0.2) is 23.2 Å². The van der Waals surface area contributed by atoms with E-state index in [1.165, 1.54) is 11.8 Å². The molecule has 0 unspecified atom stereocenters. The molecule has 0 aliphatic rings. The van der Waals surface area contributed by atoms with Crippen LogP contribution in [0.3, 0.4) is 0 Å². The topological polar surface area (TPSA) is 91.2 Å². The number of carbonyl (C=O) groups is 1. The highest BCUT2D eigenvalue weighted by molar-refractivity contribution is 7.98. The molecule has 0 radical (unpaired) electrons. The van der Waals surface area contributed by atoms with Crippen molar-refractivity contribution in [1.29, 1.82) is 0 Å². The maximum Gasteiger partial charge on any atom is 0.276 e. The van der Waals surface area contributed by atoms with Crippen molar-refractivity contribution in [3.63, 3.8) is 0 Å². The number of benzene rings is 2. The Kier molecular flexibility index (Phi) is 5.35. The summed E-state index contributed by atoms with van der Waals surface area (Å²) in [5.74, 6) is 1.62. The van der Waals surface area contributed by atoms with Crippen LogP contribution >= 0.6 is 11.8 Å². The Morgan fingerprint density at radius 2 is 1.76 bits per heavy atom. The molecule has 1 aromatic heterocycles. The molecule has 0 bridgehead atoms. The Balaban J connectivity index is 1.56. The van der Waals surface area contributed by atoms with E-state index in [1.807, 2.05) is 36.4 Å². The quantitative estimate of drug-likeness (QED) is 0.655. The van der Waals surface area contributed by atoms with E-state index in [-0.39, 0.29) is 0 Å². The summed E-state index contributed by atoms with van der Waals surface area (Å²) in [5, 5.41) is 8.64. The molecule has 128 valence electrons. The highest BCUT2D eigenvalue weighted by Crippen LogP contribution is 2.23. The second kappa shape index (κ2) is 7.85.